The number of imidazole rings is 1. The highest BCUT2D eigenvalue weighted by atomic mass is 79.9. The molecule has 3 rings (SSSR count). The number of hydrogen-bond acceptors (Lipinski definition) is 4. The Labute approximate surface area is 139 Å². The van der Waals surface area contributed by atoms with Gasteiger partial charge in [0.1, 0.15) is 22.0 Å². The first-order chi connectivity index (χ1) is 10.6. The molecule has 0 amide bonds. The van der Waals surface area contributed by atoms with Crippen molar-refractivity contribution in [3.63, 3.8) is 0 Å². The molecule has 1 fully saturated rings. The van der Waals surface area contributed by atoms with Crippen molar-refractivity contribution in [2.75, 3.05) is 6.61 Å². The molecular formula is C16H22BrN3O2. The molecule has 5 nitrogen and oxygen atoms in total. The molecule has 1 aliphatic heterocycles. The van der Waals surface area contributed by atoms with E-state index < -0.39 is 0 Å². The van der Waals surface area contributed by atoms with Gasteiger partial charge in [0.15, 0.2) is 6.29 Å². The molecule has 0 spiro atoms. The SMILES string of the molecule is CC(O[C@@H]1CCCCO1)c1nc2cnc(Br)cc2n1C(C)C. The quantitative estimate of drug-likeness (QED) is 0.752. The topological polar surface area (TPSA) is 49.2 Å². The zero-order valence-corrected chi connectivity index (χ0v) is 14.8. The van der Waals surface area contributed by atoms with Crippen LogP contribution in [0.4, 0.5) is 0 Å². The lowest BCUT2D eigenvalue weighted by Crippen LogP contribution is -2.25. The molecule has 22 heavy (non-hydrogen) atoms. The maximum absolute atomic E-state index is 6.09. The summed E-state index contributed by atoms with van der Waals surface area (Å²) in [5, 5.41) is 0. The second kappa shape index (κ2) is 6.64. The summed E-state index contributed by atoms with van der Waals surface area (Å²) in [7, 11) is 0. The number of pyridine rings is 1. The first-order valence-corrected chi connectivity index (χ1v) is 8.66. The molecule has 2 aromatic rings. The van der Waals surface area contributed by atoms with Crippen molar-refractivity contribution < 1.29 is 9.47 Å². The average molecular weight is 368 g/mol. The molecule has 120 valence electrons. The highest BCUT2D eigenvalue weighted by Crippen LogP contribution is 2.29. The zero-order chi connectivity index (χ0) is 15.7. The summed E-state index contributed by atoms with van der Waals surface area (Å²) in [4.78, 5) is 9.01. The van der Waals surface area contributed by atoms with Crippen LogP contribution < -0.4 is 0 Å². The number of halogens is 1. The Morgan fingerprint density at radius 3 is 2.86 bits per heavy atom. The Morgan fingerprint density at radius 1 is 1.36 bits per heavy atom. The van der Waals surface area contributed by atoms with Crippen LogP contribution in [-0.2, 0) is 9.47 Å². The molecular weight excluding hydrogens is 346 g/mol. The van der Waals surface area contributed by atoms with Gasteiger partial charge in [-0.25, -0.2) is 9.97 Å². The molecule has 0 aliphatic carbocycles. The summed E-state index contributed by atoms with van der Waals surface area (Å²) in [6.07, 6.45) is 4.81. The van der Waals surface area contributed by atoms with E-state index in [-0.39, 0.29) is 12.4 Å². The standard InChI is InChI=1S/C16H22BrN3O2/c1-10(2)20-13-8-14(17)18-9-12(13)19-16(20)11(3)22-15-6-4-5-7-21-15/h8-11,15H,4-7H2,1-3H3/t11?,15-/m1/s1. The smallest absolute Gasteiger partial charge is 0.158 e. The summed E-state index contributed by atoms with van der Waals surface area (Å²) in [5.74, 6) is 0.930. The Hall–Kier alpha value is -0.980. The van der Waals surface area contributed by atoms with Crippen LogP contribution in [0.5, 0.6) is 0 Å². The minimum Gasteiger partial charge on any atom is -0.353 e. The van der Waals surface area contributed by atoms with Gasteiger partial charge in [0.05, 0.1) is 11.7 Å². The molecule has 1 unspecified atom stereocenters. The van der Waals surface area contributed by atoms with Gasteiger partial charge >= 0.3 is 0 Å². The van der Waals surface area contributed by atoms with E-state index in [0.717, 1.165) is 47.3 Å². The van der Waals surface area contributed by atoms with E-state index in [1.54, 1.807) is 6.20 Å². The van der Waals surface area contributed by atoms with Crippen LogP contribution in [0.25, 0.3) is 11.0 Å². The molecule has 1 aliphatic rings. The van der Waals surface area contributed by atoms with Crippen LogP contribution in [0.2, 0.25) is 0 Å². The van der Waals surface area contributed by atoms with E-state index in [9.17, 15) is 0 Å². The van der Waals surface area contributed by atoms with Crippen LogP contribution in [0.15, 0.2) is 16.9 Å². The number of nitrogens with zero attached hydrogens (tertiary/aromatic N) is 3. The molecule has 1 saturated heterocycles. The van der Waals surface area contributed by atoms with Crippen molar-refractivity contribution in [3.8, 4) is 0 Å². The van der Waals surface area contributed by atoms with Crippen molar-refractivity contribution in [2.24, 2.45) is 0 Å². The van der Waals surface area contributed by atoms with Crippen LogP contribution in [0.1, 0.15) is 58.0 Å². The highest BCUT2D eigenvalue weighted by molar-refractivity contribution is 9.10. The fourth-order valence-electron chi connectivity index (χ4n) is 2.93. The van der Waals surface area contributed by atoms with Gasteiger partial charge in [-0.05, 0) is 62.0 Å². The van der Waals surface area contributed by atoms with E-state index in [0.29, 0.717) is 6.04 Å². The molecule has 0 bridgehead atoms. The Kier molecular flexibility index (Phi) is 4.80. The highest BCUT2D eigenvalue weighted by Gasteiger charge is 2.24. The predicted octanol–water partition coefficient (Wildman–Crippen LogP) is 4.38. The molecule has 0 N–H and O–H groups in total. The third-order valence-corrected chi connectivity index (χ3v) is 4.38. The van der Waals surface area contributed by atoms with E-state index in [2.05, 4.69) is 39.3 Å². The van der Waals surface area contributed by atoms with E-state index in [1.165, 1.54) is 0 Å². The largest absolute Gasteiger partial charge is 0.353 e. The van der Waals surface area contributed by atoms with Gasteiger partial charge in [-0.3, -0.25) is 0 Å². The van der Waals surface area contributed by atoms with Gasteiger partial charge in [0, 0.05) is 12.6 Å². The normalized spacial score (nSPS) is 20.7. The van der Waals surface area contributed by atoms with Crippen molar-refractivity contribution in [1.29, 1.82) is 0 Å². The first kappa shape index (κ1) is 15.9. The lowest BCUT2D eigenvalue weighted by Gasteiger charge is -2.26. The molecule has 6 heteroatoms. The van der Waals surface area contributed by atoms with Crippen molar-refractivity contribution in [2.45, 2.75) is 58.5 Å². The molecule has 0 aromatic carbocycles. The Balaban J connectivity index is 1.92. The summed E-state index contributed by atoms with van der Waals surface area (Å²) < 4.78 is 14.8. The van der Waals surface area contributed by atoms with Gasteiger partial charge in [-0.2, -0.15) is 0 Å². The predicted molar refractivity (Wildman–Crippen MR) is 88.7 cm³/mol. The number of hydrogen-bond donors (Lipinski definition) is 0. The van der Waals surface area contributed by atoms with Crippen molar-refractivity contribution in [1.82, 2.24) is 14.5 Å². The second-order valence-electron chi connectivity index (χ2n) is 6.00. The second-order valence-corrected chi connectivity index (χ2v) is 6.82. The van der Waals surface area contributed by atoms with Crippen LogP contribution in [-0.4, -0.2) is 27.4 Å². The Bertz CT molecular complexity index is 650. The Morgan fingerprint density at radius 2 is 2.18 bits per heavy atom. The average Bonchev–Trinajstić information content (AvgIpc) is 2.87. The minimum atomic E-state index is -0.117. The van der Waals surface area contributed by atoms with Crippen LogP contribution in [0, 0.1) is 0 Å². The molecule has 2 atom stereocenters. The van der Waals surface area contributed by atoms with E-state index in [1.807, 2.05) is 13.0 Å². The maximum atomic E-state index is 6.09. The van der Waals surface area contributed by atoms with Crippen LogP contribution in [0.3, 0.4) is 0 Å². The lowest BCUT2D eigenvalue weighted by atomic mass is 10.2. The summed E-state index contributed by atoms with van der Waals surface area (Å²) >= 11 is 3.44. The minimum absolute atomic E-state index is 0.114. The maximum Gasteiger partial charge on any atom is 0.158 e. The van der Waals surface area contributed by atoms with Gasteiger partial charge in [-0.15, -0.1) is 0 Å². The van der Waals surface area contributed by atoms with Gasteiger partial charge < -0.3 is 14.0 Å². The van der Waals surface area contributed by atoms with Gasteiger partial charge in [0.2, 0.25) is 0 Å². The summed E-state index contributed by atoms with van der Waals surface area (Å²) in [5.41, 5.74) is 1.97. The molecule has 2 aromatic heterocycles. The van der Waals surface area contributed by atoms with Crippen molar-refractivity contribution in [3.05, 3.63) is 22.7 Å². The lowest BCUT2D eigenvalue weighted by molar-refractivity contribution is -0.188. The molecule has 3 heterocycles. The number of fused-ring (bicyclic) bond motifs is 1. The summed E-state index contributed by atoms with van der Waals surface area (Å²) in [6, 6.07) is 2.31. The number of ether oxygens (including phenoxy) is 2. The van der Waals surface area contributed by atoms with E-state index >= 15 is 0 Å². The zero-order valence-electron chi connectivity index (χ0n) is 13.3. The van der Waals surface area contributed by atoms with E-state index in [4.69, 9.17) is 14.5 Å². The molecule has 0 radical (unpaired) electrons. The fraction of sp³-hybridized carbons (Fsp3) is 0.625. The number of aromatic nitrogens is 3. The first-order valence-electron chi connectivity index (χ1n) is 7.86. The summed E-state index contributed by atoms with van der Waals surface area (Å²) in [6.45, 7) is 7.14. The number of rotatable bonds is 4. The third kappa shape index (κ3) is 3.19. The molecule has 0 saturated carbocycles. The van der Waals surface area contributed by atoms with Crippen molar-refractivity contribution >= 4 is 27.0 Å². The third-order valence-electron chi connectivity index (χ3n) is 3.94. The monoisotopic (exact) mass is 367 g/mol. The van der Waals surface area contributed by atoms with Gasteiger partial charge in [0.25, 0.3) is 0 Å². The van der Waals surface area contributed by atoms with Crippen LogP contribution >= 0.6 is 15.9 Å². The fourth-order valence-corrected chi connectivity index (χ4v) is 3.25. The van der Waals surface area contributed by atoms with Gasteiger partial charge in [-0.1, -0.05) is 0 Å².